The van der Waals surface area contributed by atoms with Gasteiger partial charge in [0.25, 0.3) is 0 Å². The highest BCUT2D eigenvalue weighted by molar-refractivity contribution is 5.35. The summed E-state index contributed by atoms with van der Waals surface area (Å²) in [5, 5.41) is 10.8. The van der Waals surface area contributed by atoms with E-state index in [4.69, 9.17) is 0 Å². The molecule has 3 aromatic rings. The fourth-order valence-electron chi connectivity index (χ4n) is 3.00. The van der Waals surface area contributed by atoms with E-state index in [1.165, 1.54) is 5.56 Å². The van der Waals surface area contributed by atoms with Gasteiger partial charge < -0.3 is 5.11 Å². The van der Waals surface area contributed by atoms with Crippen LogP contribution in [0.2, 0.25) is 0 Å². The first-order valence-corrected chi connectivity index (χ1v) is 8.27. The maximum atomic E-state index is 10.8. The molecule has 0 saturated carbocycles. The highest BCUT2D eigenvalue weighted by Gasteiger charge is 2.15. The van der Waals surface area contributed by atoms with Crippen molar-refractivity contribution in [2.75, 3.05) is 7.05 Å². The maximum absolute atomic E-state index is 10.8. The second-order valence-electron chi connectivity index (χ2n) is 6.17. The van der Waals surface area contributed by atoms with Crippen molar-refractivity contribution in [1.82, 2.24) is 4.90 Å². The maximum Gasteiger partial charge on any atom is 0.104 e. The Hall–Kier alpha value is -2.42. The zero-order chi connectivity index (χ0) is 16.8. The van der Waals surface area contributed by atoms with Gasteiger partial charge in [0.1, 0.15) is 6.10 Å². The Labute approximate surface area is 144 Å². The van der Waals surface area contributed by atoms with Crippen molar-refractivity contribution in [1.29, 1.82) is 0 Å². The van der Waals surface area contributed by atoms with E-state index in [1.807, 2.05) is 54.6 Å². The summed E-state index contributed by atoms with van der Waals surface area (Å²) in [7, 11) is 2.11. The molecule has 0 aromatic heterocycles. The Morgan fingerprint density at radius 3 is 2.04 bits per heavy atom. The van der Waals surface area contributed by atoms with Gasteiger partial charge in [-0.3, -0.25) is 4.90 Å². The van der Waals surface area contributed by atoms with Crippen molar-refractivity contribution in [2.45, 2.75) is 19.2 Å². The van der Waals surface area contributed by atoms with Crippen LogP contribution in [0, 0.1) is 0 Å². The Bertz CT molecular complexity index is 755. The molecule has 122 valence electrons. The second-order valence-corrected chi connectivity index (χ2v) is 6.17. The van der Waals surface area contributed by atoms with Crippen molar-refractivity contribution < 1.29 is 5.11 Å². The predicted molar refractivity (Wildman–Crippen MR) is 98.6 cm³/mol. The van der Waals surface area contributed by atoms with Gasteiger partial charge >= 0.3 is 0 Å². The van der Waals surface area contributed by atoms with Crippen molar-refractivity contribution >= 4 is 0 Å². The van der Waals surface area contributed by atoms with Gasteiger partial charge in [-0.25, -0.2) is 0 Å². The van der Waals surface area contributed by atoms with E-state index in [-0.39, 0.29) is 0 Å². The number of hydrogen-bond donors (Lipinski definition) is 1. The largest absolute Gasteiger partial charge is 0.384 e. The van der Waals surface area contributed by atoms with Crippen LogP contribution in [0.1, 0.15) is 28.4 Å². The number of hydrogen-bond acceptors (Lipinski definition) is 2. The highest BCUT2D eigenvalue weighted by Crippen LogP contribution is 2.25. The summed E-state index contributed by atoms with van der Waals surface area (Å²) in [6.45, 7) is 1.69. The average Bonchev–Trinajstić information content (AvgIpc) is 2.63. The third kappa shape index (κ3) is 4.10. The molecule has 0 aliphatic heterocycles. The van der Waals surface area contributed by atoms with Gasteiger partial charge in [0.15, 0.2) is 0 Å². The normalized spacial score (nSPS) is 12.3. The smallest absolute Gasteiger partial charge is 0.104 e. The Balaban J connectivity index is 1.77. The first kappa shape index (κ1) is 16.4. The van der Waals surface area contributed by atoms with Crippen molar-refractivity contribution in [3.63, 3.8) is 0 Å². The van der Waals surface area contributed by atoms with Gasteiger partial charge in [-0.1, -0.05) is 84.9 Å². The molecule has 2 heteroatoms. The van der Waals surface area contributed by atoms with Gasteiger partial charge in [0.2, 0.25) is 0 Å². The minimum Gasteiger partial charge on any atom is -0.384 e. The van der Waals surface area contributed by atoms with Gasteiger partial charge in [-0.2, -0.15) is 0 Å². The van der Waals surface area contributed by atoms with Crippen LogP contribution in [-0.2, 0) is 13.1 Å². The molecule has 0 aliphatic carbocycles. The molecule has 0 radical (unpaired) electrons. The van der Waals surface area contributed by atoms with E-state index < -0.39 is 6.10 Å². The van der Waals surface area contributed by atoms with Gasteiger partial charge in [-0.15, -0.1) is 0 Å². The number of rotatable bonds is 6. The van der Waals surface area contributed by atoms with Gasteiger partial charge in [0.05, 0.1) is 0 Å². The Morgan fingerprint density at radius 1 is 0.750 bits per heavy atom. The topological polar surface area (TPSA) is 23.5 Å². The minimum absolute atomic E-state index is 0.590. The summed E-state index contributed by atoms with van der Waals surface area (Å²) < 4.78 is 0. The number of nitrogens with zero attached hydrogens (tertiary/aromatic N) is 1. The van der Waals surface area contributed by atoms with Gasteiger partial charge in [-0.05, 0) is 29.3 Å². The minimum atomic E-state index is -0.590. The molecule has 3 aromatic carbocycles. The van der Waals surface area contributed by atoms with Gasteiger partial charge in [0, 0.05) is 13.1 Å². The molecule has 0 fully saturated rings. The van der Waals surface area contributed by atoms with E-state index in [9.17, 15) is 5.11 Å². The van der Waals surface area contributed by atoms with Crippen molar-refractivity contribution in [3.8, 4) is 0 Å². The summed E-state index contributed by atoms with van der Waals surface area (Å²) in [5.74, 6) is 0. The van der Waals surface area contributed by atoms with Crippen LogP contribution in [0.4, 0.5) is 0 Å². The molecule has 3 rings (SSSR count). The number of aliphatic hydroxyl groups excluding tert-OH is 1. The summed E-state index contributed by atoms with van der Waals surface area (Å²) in [6.07, 6.45) is -0.590. The van der Waals surface area contributed by atoms with E-state index in [0.29, 0.717) is 0 Å². The molecule has 0 amide bonds. The van der Waals surface area contributed by atoms with Crippen LogP contribution in [0.3, 0.4) is 0 Å². The van der Waals surface area contributed by atoms with E-state index in [1.54, 1.807) is 0 Å². The lowest BCUT2D eigenvalue weighted by atomic mass is 9.96. The molecular weight excluding hydrogens is 294 g/mol. The summed E-state index contributed by atoms with van der Waals surface area (Å²) in [6, 6.07) is 28.4. The molecule has 0 unspecified atom stereocenters. The van der Waals surface area contributed by atoms with E-state index in [0.717, 1.165) is 29.8 Å². The quantitative estimate of drug-likeness (QED) is 0.728. The third-order valence-electron chi connectivity index (χ3n) is 4.20. The van der Waals surface area contributed by atoms with Crippen LogP contribution < -0.4 is 0 Å². The second kappa shape index (κ2) is 7.91. The fourth-order valence-corrected chi connectivity index (χ4v) is 3.00. The molecule has 1 N–H and O–H groups in total. The average molecular weight is 317 g/mol. The Morgan fingerprint density at radius 2 is 1.33 bits per heavy atom. The zero-order valence-corrected chi connectivity index (χ0v) is 14.0. The van der Waals surface area contributed by atoms with E-state index in [2.05, 4.69) is 42.3 Å². The molecule has 1 atom stereocenters. The zero-order valence-electron chi connectivity index (χ0n) is 14.0. The standard InChI is InChI=1S/C22H23NO/c1-23(16-18-10-4-2-5-11-18)17-20-14-8-9-15-21(20)22(24)19-12-6-3-7-13-19/h2-15,22,24H,16-17H2,1H3/t22-/m0/s1. The summed E-state index contributed by atoms with van der Waals surface area (Å²) in [5.41, 5.74) is 4.35. The first-order chi connectivity index (χ1) is 11.7. The van der Waals surface area contributed by atoms with Crippen molar-refractivity contribution in [3.05, 3.63) is 107 Å². The molecule has 0 bridgehead atoms. The lowest BCUT2D eigenvalue weighted by Gasteiger charge is -2.21. The SMILES string of the molecule is CN(Cc1ccccc1)Cc1ccccc1[C@@H](O)c1ccccc1. The predicted octanol–water partition coefficient (Wildman–Crippen LogP) is 4.40. The van der Waals surface area contributed by atoms with Crippen LogP contribution in [0.5, 0.6) is 0 Å². The first-order valence-electron chi connectivity index (χ1n) is 8.27. The summed E-state index contributed by atoms with van der Waals surface area (Å²) >= 11 is 0. The molecule has 0 aliphatic rings. The third-order valence-corrected chi connectivity index (χ3v) is 4.20. The highest BCUT2D eigenvalue weighted by atomic mass is 16.3. The fraction of sp³-hybridized carbons (Fsp3) is 0.182. The van der Waals surface area contributed by atoms with Crippen LogP contribution in [-0.4, -0.2) is 17.1 Å². The molecule has 0 heterocycles. The van der Waals surface area contributed by atoms with E-state index >= 15 is 0 Å². The monoisotopic (exact) mass is 317 g/mol. The lowest BCUT2D eigenvalue weighted by Crippen LogP contribution is -2.19. The number of benzene rings is 3. The van der Waals surface area contributed by atoms with Crippen molar-refractivity contribution in [2.24, 2.45) is 0 Å². The van der Waals surface area contributed by atoms with Crippen LogP contribution in [0.25, 0.3) is 0 Å². The number of aliphatic hydroxyl groups is 1. The molecule has 0 spiro atoms. The molecule has 24 heavy (non-hydrogen) atoms. The molecular formula is C22H23NO. The summed E-state index contributed by atoms with van der Waals surface area (Å²) in [4.78, 5) is 2.27. The van der Waals surface area contributed by atoms with Crippen LogP contribution >= 0.6 is 0 Å². The lowest BCUT2D eigenvalue weighted by molar-refractivity contribution is 0.216. The molecule has 2 nitrogen and oxygen atoms in total. The van der Waals surface area contributed by atoms with Crippen LogP contribution in [0.15, 0.2) is 84.9 Å². The molecule has 0 saturated heterocycles. The Kier molecular flexibility index (Phi) is 5.42.